The van der Waals surface area contributed by atoms with Crippen LogP contribution in [0.1, 0.15) is 0 Å². The first-order valence-corrected chi connectivity index (χ1v) is 34.0. The molecule has 0 aliphatic carbocycles. The van der Waals surface area contributed by atoms with Crippen molar-refractivity contribution in [1.82, 2.24) is 0 Å². The zero-order chi connectivity index (χ0) is 10.9. The van der Waals surface area contributed by atoms with E-state index in [0.717, 1.165) is 0 Å². The van der Waals surface area contributed by atoms with Gasteiger partial charge in [-0.3, -0.25) is 0 Å². The minimum absolute atomic E-state index is 4.33. The van der Waals surface area contributed by atoms with E-state index in [1.165, 1.54) is 0 Å². The molecule has 0 spiro atoms. The molecular weight excluding hydrogens is 598 g/mol. The summed E-state index contributed by atoms with van der Waals surface area (Å²) in [5.74, 6) is 0. The van der Waals surface area contributed by atoms with Crippen LogP contribution in [0.2, 0.25) is 0 Å². The van der Waals surface area contributed by atoms with Crippen LogP contribution in [0.5, 0.6) is 0 Å². The third-order valence-corrected chi connectivity index (χ3v) is 0. The number of rotatable bonds is 0. The summed E-state index contributed by atoms with van der Waals surface area (Å²) >= 11 is -8.66. The van der Waals surface area contributed by atoms with Gasteiger partial charge < -0.3 is 0 Å². The van der Waals surface area contributed by atoms with Gasteiger partial charge >= 0.3 is 112 Å². The van der Waals surface area contributed by atoms with Crippen LogP contribution in [0.25, 0.3) is 0 Å². The SMILES string of the molecule is [Cl][Sb]([Cl])([Cl])([Cl])[Cl].[Cl][Sb]([Cl])([Cl])([Cl])[Cl]. The second-order valence-corrected chi connectivity index (χ2v) is 77.1. The van der Waals surface area contributed by atoms with Gasteiger partial charge in [-0.15, -0.1) is 0 Å². The molecule has 0 aromatic carbocycles. The van der Waals surface area contributed by atoms with Gasteiger partial charge in [0.05, 0.1) is 0 Å². The first kappa shape index (κ1) is 18.9. The Balaban J connectivity index is 0. The van der Waals surface area contributed by atoms with E-state index in [4.69, 9.17) is 88.3 Å². The van der Waals surface area contributed by atoms with E-state index in [1.807, 2.05) is 0 Å². The predicted octanol–water partition coefficient (Wildman–Crippen LogP) is 6.13. The van der Waals surface area contributed by atoms with Crippen LogP contribution in [0.4, 0.5) is 0 Å². The van der Waals surface area contributed by atoms with Crippen molar-refractivity contribution in [1.29, 1.82) is 0 Å². The van der Waals surface area contributed by atoms with Crippen molar-refractivity contribution >= 4 is 112 Å². The quantitative estimate of drug-likeness (QED) is 0.295. The fraction of sp³-hybridized carbons (Fsp3) is 0. The molecule has 0 aliphatic rings. The molecule has 0 rings (SSSR count). The molecule has 0 radical (unpaired) electrons. The van der Waals surface area contributed by atoms with Crippen LogP contribution in [-0.4, -0.2) is 23.4 Å². The van der Waals surface area contributed by atoms with Gasteiger partial charge in [-0.1, -0.05) is 0 Å². The monoisotopic (exact) mass is 591 g/mol. The normalized spacial score (nSPS) is 19.2. The van der Waals surface area contributed by atoms with E-state index in [2.05, 4.69) is 0 Å². The van der Waals surface area contributed by atoms with Crippen LogP contribution in [-0.2, 0) is 0 Å². The molecule has 0 atom stereocenters. The van der Waals surface area contributed by atoms with Crippen molar-refractivity contribution in [2.24, 2.45) is 0 Å². The van der Waals surface area contributed by atoms with Gasteiger partial charge in [0.1, 0.15) is 0 Å². The number of halogens is 10. The zero-order valence-electron chi connectivity index (χ0n) is 4.67. The molecule has 0 unspecified atom stereocenters. The first-order valence-electron chi connectivity index (χ1n) is 1.69. The van der Waals surface area contributed by atoms with Crippen molar-refractivity contribution in [2.75, 3.05) is 0 Å². The number of hydrogen-bond acceptors (Lipinski definition) is 0. The molecular formula is Cl10Sb2. The Labute approximate surface area is 109 Å². The van der Waals surface area contributed by atoms with Gasteiger partial charge in [0.25, 0.3) is 0 Å². The molecule has 0 fully saturated rings. The van der Waals surface area contributed by atoms with Crippen LogP contribution in [0, 0.1) is 0 Å². The summed E-state index contributed by atoms with van der Waals surface area (Å²) in [6.07, 6.45) is 0. The molecule has 0 aliphatic heterocycles. The summed E-state index contributed by atoms with van der Waals surface area (Å²) in [6.45, 7) is 0. The number of hydrogen-bond donors (Lipinski definition) is 0. The molecule has 0 bridgehead atoms. The van der Waals surface area contributed by atoms with E-state index in [-0.39, 0.29) is 0 Å². The summed E-state index contributed by atoms with van der Waals surface area (Å²) in [5.41, 5.74) is 0. The van der Waals surface area contributed by atoms with Crippen LogP contribution in [0.3, 0.4) is 0 Å². The van der Waals surface area contributed by atoms with Gasteiger partial charge in [-0.25, -0.2) is 0 Å². The molecule has 0 N–H and O–H groups in total. The Morgan fingerprint density at radius 3 is 0.333 bits per heavy atom. The minimum atomic E-state index is -4.33. The molecule has 0 aromatic rings. The molecule has 0 aromatic heterocycles. The predicted molar refractivity (Wildman–Crippen MR) is 70.0 cm³/mol. The van der Waals surface area contributed by atoms with E-state index < -0.39 is 23.4 Å². The van der Waals surface area contributed by atoms with E-state index in [1.54, 1.807) is 0 Å². The molecule has 0 heterocycles. The van der Waals surface area contributed by atoms with Crippen molar-refractivity contribution in [2.45, 2.75) is 0 Å². The molecule has 80 valence electrons. The molecule has 0 amide bonds. The van der Waals surface area contributed by atoms with Crippen LogP contribution in [0.15, 0.2) is 0 Å². The van der Waals surface area contributed by atoms with Gasteiger partial charge in [-0.05, 0) is 0 Å². The average Bonchev–Trinajstić information content (AvgIpc) is 1.02. The Bertz CT molecular complexity index is 94.2. The molecule has 0 saturated carbocycles. The molecule has 12 heteroatoms. The fourth-order valence-corrected chi connectivity index (χ4v) is 0. The fourth-order valence-electron chi connectivity index (χ4n) is 0. The van der Waals surface area contributed by atoms with E-state index in [0.29, 0.717) is 0 Å². The standard InChI is InChI=1S/10ClH.2Sb/h10*1H;;/q;;;;;;;;;;2*+5/p-10. The van der Waals surface area contributed by atoms with Gasteiger partial charge in [0.2, 0.25) is 0 Å². The Morgan fingerprint density at radius 1 is 0.333 bits per heavy atom. The van der Waals surface area contributed by atoms with Crippen molar-refractivity contribution < 1.29 is 0 Å². The molecule has 12 heavy (non-hydrogen) atoms. The maximum atomic E-state index is 5.05. The molecule has 0 nitrogen and oxygen atoms in total. The average molecular weight is 598 g/mol. The zero-order valence-corrected chi connectivity index (χ0v) is 17.3. The second kappa shape index (κ2) is 5.45. The Morgan fingerprint density at radius 2 is 0.333 bits per heavy atom. The van der Waals surface area contributed by atoms with Gasteiger partial charge in [0.15, 0.2) is 0 Å². The topological polar surface area (TPSA) is 0 Å². The van der Waals surface area contributed by atoms with E-state index in [9.17, 15) is 0 Å². The maximum absolute atomic E-state index is 5.05. The van der Waals surface area contributed by atoms with Crippen molar-refractivity contribution in [3.8, 4) is 0 Å². The summed E-state index contributed by atoms with van der Waals surface area (Å²) < 4.78 is 0. The van der Waals surface area contributed by atoms with E-state index >= 15 is 0 Å². The summed E-state index contributed by atoms with van der Waals surface area (Å²) in [7, 11) is 50.5. The first-order chi connectivity index (χ1) is 4.47. The van der Waals surface area contributed by atoms with Crippen LogP contribution >= 0.6 is 88.3 Å². The summed E-state index contributed by atoms with van der Waals surface area (Å²) in [6, 6.07) is 0. The Kier molecular flexibility index (Phi) is 8.58. The molecule has 0 saturated heterocycles. The Hall–Kier alpha value is 4.54. The van der Waals surface area contributed by atoms with Crippen molar-refractivity contribution in [3.63, 3.8) is 0 Å². The van der Waals surface area contributed by atoms with Gasteiger partial charge in [0, 0.05) is 0 Å². The summed E-state index contributed by atoms with van der Waals surface area (Å²) in [4.78, 5) is 0. The third-order valence-electron chi connectivity index (χ3n) is 0. The van der Waals surface area contributed by atoms with Crippen molar-refractivity contribution in [3.05, 3.63) is 0 Å². The second-order valence-electron chi connectivity index (χ2n) is 1.28. The van der Waals surface area contributed by atoms with Gasteiger partial charge in [-0.2, -0.15) is 0 Å². The summed E-state index contributed by atoms with van der Waals surface area (Å²) in [5, 5.41) is 0. The van der Waals surface area contributed by atoms with Crippen LogP contribution < -0.4 is 0 Å². The third kappa shape index (κ3) is 129.